The lowest BCUT2D eigenvalue weighted by molar-refractivity contribution is -0.128. The number of benzene rings is 1. The Balaban J connectivity index is 1.96. The molecule has 0 bridgehead atoms. The molecule has 1 amide bonds. The van der Waals surface area contributed by atoms with E-state index in [1.54, 1.807) is 0 Å². The number of amides is 1. The van der Waals surface area contributed by atoms with Gasteiger partial charge in [-0.05, 0) is 49.3 Å². The van der Waals surface area contributed by atoms with Crippen LogP contribution in [0.25, 0.3) is 0 Å². The normalized spacial score (nSPS) is 16.4. The molecule has 0 N–H and O–H groups in total. The van der Waals surface area contributed by atoms with Gasteiger partial charge in [0, 0.05) is 18.7 Å². The fraction of sp³-hybridized carbons (Fsp3) is 0.474. The van der Waals surface area contributed by atoms with Crippen LogP contribution in [0.3, 0.4) is 0 Å². The van der Waals surface area contributed by atoms with E-state index in [0.29, 0.717) is 11.5 Å². The van der Waals surface area contributed by atoms with E-state index in [4.69, 9.17) is 5.26 Å². The molecule has 1 aliphatic heterocycles. The van der Waals surface area contributed by atoms with Crippen molar-refractivity contribution in [1.29, 1.82) is 5.26 Å². The first-order valence-corrected chi connectivity index (χ1v) is 8.18. The Hall–Kier alpha value is -2.08. The number of allylic oxidation sites excluding steroid dienone is 1. The molecule has 2 rings (SSSR count). The Labute approximate surface area is 133 Å². The summed E-state index contributed by atoms with van der Waals surface area (Å²) >= 11 is 0. The summed E-state index contributed by atoms with van der Waals surface area (Å²) in [5, 5.41) is 8.85. The number of carbonyl (C=O) groups is 1. The molecule has 0 aromatic heterocycles. The molecule has 0 atom stereocenters. The van der Waals surface area contributed by atoms with Crippen molar-refractivity contribution < 1.29 is 4.79 Å². The molecular formula is C19H24N2O. The average Bonchev–Trinajstić information content (AvgIpc) is 2.59. The van der Waals surface area contributed by atoms with Crippen molar-refractivity contribution >= 4 is 5.91 Å². The van der Waals surface area contributed by atoms with Crippen LogP contribution in [0, 0.1) is 11.3 Å². The molecule has 3 nitrogen and oxygen atoms in total. The molecule has 0 spiro atoms. The summed E-state index contributed by atoms with van der Waals surface area (Å²) < 4.78 is 0. The number of nitrogens with zero attached hydrogens (tertiary/aromatic N) is 2. The molecule has 1 saturated heterocycles. The van der Waals surface area contributed by atoms with Crippen LogP contribution >= 0.6 is 0 Å². The van der Waals surface area contributed by atoms with Gasteiger partial charge in [0.15, 0.2) is 0 Å². The molecule has 1 aliphatic rings. The molecule has 1 aromatic carbocycles. The lowest BCUT2D eigenvalue weighted by atomic mass is 9.88. The van der Waals surface area contributed by atoms with Gasteiger partial charge in [-0.1, -0.05) is 32.1 Å². The van der Waals surface area contributed by atoms with E-state index in [9.17, 15) is 4.79 Å². The van der Waals surface area contributed by atoms with Gasteiger partial charge >= 0.3 is 0 Å². The van der Waals surface area contributed by atoms with Crippen molar-refractivity contribution in [3.63, 3.8) is 0 Å². The van der Waals surface area contributed by atoms with E-state index < -0.39 is 0 Å². The highest BCUT2D eigenvalue weighted by Crippen LogP contribution is 2.29. The predicted octanol–water partition coefficient (Wildman–Crippen LogP) is 4.01. The van der Waals surface area contributed by atoms with Crippen LogP contribution in [0.4, 0.5) is 0 Å². The third kappa shape index (κ3) is 3.76. The maximum atomic E-state index is 12.5. The van der Waals surface area contributed by atoms with E-state index in [2.05, 4.69) is 31.2 Å². The zero-order chi connectivity index (χ0) is 15.9. The van der Waals surface area contributed by atoms with Crippen LogP contribution in [0.1, 0.15) is 56.6 Å². The Morgan fingerprint density at radius 1 is 1.27 bits per heavy atom. The number of hydrogen-bond acceptors (Lipinski definition) is 2. The summed E-state index contributed by atoms with van der Waals surface area (Å²) in [5.74, 6) is 0.708. The highest BCUT2D eigenvalue weighted by molar-refractivity contribution is 5.93. The minimum atomic E-state index is 0.211. The molecule has 1 fully saturated rings. The number of hydrogen-bond donors (Lipinski definition) is 0. The quantitative estimate of drug-likeness (QED) is 0.788. The second-order valence-electron chi connectivity index (χ2n) is 5.79. The highest BCUT2D eigenvalue weighted by atomic mass is 16.2. The van der Waals surface area contributed by atoms with Crippen LogP contribution in [-0.2, 0) is 4.79 Å². The van der Waals surface area contributed by atoms with Crippen LogP contribution in [0.5, 0.6) is 0 Å². The van der Waals surface area contributed by atoms with Crippen LogP contribution in [0.2, 0.25) is 0 Å². The molecule has 3 heteroatoms. The van der Waals surface area contributed by atoms with Crippen molar-refractivity contribution in [3.8, 4) is 6.07 Å². The van der Waals surface area contributed by atoms with E-state index >= 15 is 0 Å². The lowest BCUT2D eigenvalue weighted by Crippen LogP contribution is -2.38. The minimum Gasteiger partial charge on any atom is -0.339 e. The topological polar surface area (TPSA) is 44.1 Å². The van der Waals surface area contributed by atoms with Gasteiger partial charge in [-0.25, -0.2) is 0 Å². The van der Waals surface area contributed by atoms with Gasteiger partial charge in [0.25, 0.3) is 0 Å². The summed E-state index contributed by atoms with van der Waals surface area (Å²) in [6.45, 7) is 5.76. The van der Waals surface area contributed by atoms with Crippen molar-refractivity contribution in [2.24, 2.45) is 0 Å². The third-order valence-electron chi connectivity index (χ3n) is 4.40. The summed E-state index contributed by atoms with van der Waals surface area (Å²) in [4.78, 5) is 14.5. The maximum Gasteiger partial charge on any atom is 0.249 e. The van der Waals surface area contributed by atoms with Crippen LogP contribution < -0.4 is 0 Å². The zero-order valence-corrected chi connectivity index (χ0v) is 13.5. The molecule has 0 saturated carbocycles. The van der Waals surface area contributed by atoms with Crippen molar-refractivity contribution in [1.82, 2.24) is 4.90 Å². The molecule has 0 radical (unpaired) electrons. The first kappa shape index (κ1) is 16.3. The fourth-order valence-electron chi connectivity index (χ4n) is 3.08. The lowest BCUT2D eigenvalue weighted by Gasteiger charge is -2.33. The largest absolute Gasteiger partial charge is 0.339 e. The van der Waals surface area contributed by atoms with E-state index in [1.165, 1.54) is 5.56 Å². The van der Waals surface area contributed by atoms with Crippen molar-refractivity contribution in [3.05, 3.63) is 47.0 Å². The second-order valence-corrected chi connectivity index (χ2v) is 5.79. The first-order chi connectivity index (χ1) is 10.7. The van der Waals surface area contributed by atoms with E-state index in [1.807, 2.05) is 24.0 Å². The Kier molecular flexibility index (Phi) is 5.77. The predicted molar refractivity (Wildman–Crippen MR) is 88.4 cm³/mol. The van der Waals surface area contributed by atoms with E-state index in [0.717, 1.165) is 44.3 Å². The summed E-state index contributed by atoms with van der Waals surface area (Å²) in [7, 11) is 0. The number of piperidine rings is 1. The van der Waals surface area contributed by atoms with Gasteiger partial charge in [-0.15, -0.1) is 0 Å². The minimum absolute atomic E-state index is 0.211. The molecule has 0 aliphatic carbocycles. The summed E-state index contributed by atoms with van der Waals surface area (Å²) in [6, 6.07) is 10.0. The third-order valence-corrected chi connectivity index (χ3v) is 4.40. The van der Waals surface area contributed by atoms with E-state index in [-0.39, 0.29) is 5.91 Å². The summed E-state index contributed by atoms with van der Waals surface area (Å²) in [5.41, 5.74) is 2.93. The molecule has 116 valence electrons. The molecule has 1 heterocycles. The highest BCUT2D eigenvalue weighted by Gasteiger charge is 2.24. The number of nitriles is 1. The zero-order valence-electron chi connectivity index (χ0n) is 13.5. The molecule has 22 heavy (non-hydrogen) atoms. The van der Waals surface area contributed by atoms with Crippen molar-refractivity contribution in [2.75, 3.05) is 13.1 Å². The van der Waals surface area contributed by atoms with Gasteiger partial charge in [-0.2, -0.15) is 5.26 Å². The summed E-state index contributed by atoms with van der Waals surface area (Å²) in [6.07, 6.45) is 5.77. The van der Waals surface area contributed by atoms with Gasteiger partial charge in [0.1, 0.15) is 0 Å². The van der Waals surface area contributed by atoms with Gasteiger partial charge in [-0.3, -0.25) is 4.79 Å². The SMILES string of the molecule is CC/C=C(\CC)C(=O)N1CCC(c2ccc(C#N)cc2)CC1. The first-order valence-electron chi connectivity index (χ1n) is 8.18. The monoisotopic (exact) mass is 296 g/mol. The number of rotatable bonds is 4. The Bertz CT molecular complexity index is 572. The standard InChI is InChI=1S/C19H24N2O/c1-3-5-16(4-2)19(22)21-12-10-18(11-13-21)17-8-6-15(14-20)7-9-17/h5-9,18H,3-4,10-13H2,1-2H3/b16-5+. The molecular weight excluding hydrogens is 272 g/mol. The molecule has 1 aromatic rings. The van der Waals surface area contributed by atoms with Gasteiger partial charge < -0.3 is 4.90 Å². The second kappa shape index (κ2) is 7.79. The van der Waals surface area contributed by atoms with Crippen LogP contribution in [-0.4, -0.2) is 23.9 Å². The van der Waals surface area contributed by atoms with Gasteiger partial charge in [0.05, 0.1) is 11.6 Å². The van der Waals surface area contributed by atoms with Crippen LogP contribution in [0.15, 0.2) is 35.9 Å². The Morgan fingerprint density at radius 3 is 2.41 bits per heavy atom. The Morgan fingerprint density at radius 2 is 1.91 bits per heavy atom. The van der Waals surface area contributed by atoms with Crippen molar-refractivity contribution in [2.45, 2.75) is 45.4 Å². The smallest absolute Gasteiger partial charge is 0.249 e. The van der Waals surface area contributed by atoms with Gasteiger partial charge in [0.2, 0.25) is 5.91 Å². The maximum absolute atomic E-state index is 12.5. The average molecular weight is 296 g/mol. The molecule has 0 unspecified atom stereocenters. The number of carbonyl (C=O) groups excluding carboxylic acids is 1. The fourth-order valence-corrected chi connectivity index (χ4v) is 3.08. The number of likely N-dealkylation sites (tertiary alicyclic amines) is 1.